The highest BCUT2D eigenvalue weighted by Crippen LogP contribution is 2.33. The van der Waals surface area contributed by atoms with Crippen molar-refractivity contribution in [1.29, 1.82) is 0 Å². The Morgan fingerprint density at radius 3 is 2.29 bits per heavy atom. The fourth-order valence-electron chi connectivity index (χ4n) is 4.27. The van der Waals surface area contributed by atoms with Crippen LogP contribution in [-0.4, -0.2) is 30.3 Å². The number of rotatable bonds is 5. The monoisotopic (exact) mass is 572 g/mol. The van der Waals surface area contributed by atoms with Crippen molar-refractivity contribution >= 4 is 17.4 Å². The van der Waals surface area contributed by atoms with Crippen LogP contribution in [0.3, 0.4) is 0 Å². The molecule has 0 spiro atoms. The maximum absolute atomic E-state index is 14.0. The summed E-state index contributed by atoms with van der Waals surface area (Å²) < 4.78 is 83.0. The number of aromatic nitrogens is 5. The van der Waals surface area contributed by atoms with Crippen molar-refractivity contribution < 1.29 is 31.1 Å². The molecule has 3 aromatic heterocycles. The molecule has 1 amide bonds. The van der Waals surface area contributed by atoms with E-state index < -0.39 is 29.5 Å². The minimum atomic E-state index is -4.78. The zero-order chi connectivity index (χ0) is 29.7. The quantitative estimate of drug-likeness (QED) is 0.234. The summed E-state index contributed by atoms with van der Waals surface area (Å²) in [6, 6.07) is 13.5. The van der Waals surface area contributed by atoms with Crippen LogP contribution in [0.25, 0.3) is 16.9 Å². The molecule has 0 fully saturated rings. The lowest BCUT2D eigenvalue weighted by atomic mass is 10.0. The first-order valence-corrected chi connectivity index (χ1v) is 12.3. The normalized spacial score (nSPS) is 12.2. The number of aryl methyl sites for hydroxylation is 3. The number of hydrogen-bond acceptors (Lipinski definition) is 4. The summed E-state index contributed by atoms with van der Waals surface area (Å²) in [4.78, 5) is 17.3. The number of halogens is 6. The molecule has 1 N–H and O–H groups in total. The summed E-state index contributed by atoms with van der Waals surface area (Å²) in [5.74, 6) is -0.781. The van der Waals surface area contributed by atoms with E-state index in [0.29, 0.717) is 21.3 Å². The number of alkyl halides is 6. The second kappa shape index (κ2) is 10.1. The minimum absolute atomic E-state index is 0.000112. The van der Waals surface area contributed by atoms with Gasteiger partial charge in [-0.05, 0) is 61.7 Å². The molecule has 7 nitrogen and oxygen atoms in total. The van der Waals surface area contributed by atoms with E-state index in [9.17, 15) is 31.1 Å². The van der Waals surface area contributed by atoms with Gasteiger partial charge in [0.2, 0.25) is 0 Å². The first kappa shape index (κ1) is 27.9. The van der Waals surface area contributed by atoms with Gasteiger partial charge in [-0.15, -0.1) is 0 Å². The Labute approximate surface area is 229 Å². The molecule has 0 atom stereocenters. The van der Waals surface area contributed by atoms with Crippen LogP contribution < -0.4 is 5.32 Å². The maximum atomic E-state index is 14.0. The van der Waals surface area contributed by atoms with Gasteiger partial charge in [-0.25, -0.2) is 9.50 Å². The van der Waals surface area contributed by atoms with Crippen LogP contribution >= 0.6 is 0 Å². The Morgan fingerprint density at radius 1 is 0.854 bits per heavy atom. The first-order chi connectivity index (χ1) is 19.2. The second-order valence-electron chi connectivity index (χ2n) is 9.60. The van der Waals surface area contributed by atoms with E-state index in [1.807, 2.05) is 13.8 Å². The topological polar surface area (TPSA) is 77.1 Å². The van der Waals surface area contributed by atoms with E-state index in [4.69, 9.17) is 0 Å². The number of amides is 1. The van der Waals surface area contributed by atoms with Crippen LogP contribution in [-0.2, 0) is 18.9 Å². The van der Waals surface area contributed by atoms with Crippen LogP contribution in [0.5, 0.6) is 0 Å². The van der Waals surface area contributed by atoms with Gasteiger partial charge in [-0.3, -0.25) is 9.48 Å². The largest absolute Gasteiger partial charge is 0.433 e. The molecule has 0 saturated carbocycles. The van der Waals surface area contributed by atoms with Crippen LogP contribution in [0.2, 0.25) is 0 Å². The Kier molecular flexibility index (Phi) is 6.84. The summed E-state index contributed by atoms with van der Waals surface area (Å²) >= 11 is 0. The number of nitrogens with zero attached hydrogens (tertiary/aromatic N) is 5. The predicted molar refractivity (Wildman–Crippen MR) is 138 cm³/mol. The van der Waals surface area contributed by atoms with E-state index >= 15 is 0 Å². The van der Waals surface area contributed by atoms with Crippen molar-refractivity contribution in [3.05, 3.63) is 100.0 Å². The smallest absolute Gasteiger partial charge is 0.304 e. The van der Waals surface area contributed by atoms with Gasteiger partial charge in [0.05, 0.1) is 17.8 Å². The molecular formula is C28H22F6N6O. The highest BCUT2D eigenvalue weighted by Gasteiger charge is 2.36. The van der Waals surface area contributed by atoms with E-state index in [2.05, 4.69) is 20.5 Å². The van der Waals surface area contributed by atoms with Gasteiger partial charge in [0.25, 0.3) is 5.91 Å². The van der Waals surface area contributed by atoms with E-state index in [1.54, 1.807) is 25.1 Å². The third-order valence-electron chi connectivity index (χ3n) is 6.56. The third-order valence-corrected chi connectivity index (χ3v) is 6.56. The molecular weight excluding hydrogens is 550 g/mol. The van der Waals surface area contributed by atoms with E-state index in [1.165, 1.54) is 22.9 Å². The number of carbonyl (C=O) groups excluding carboxylic acids is 1. The Bertz CT molecular complexity index is 1780. The van der Waals surface area contributed by atoms with Gasteiger partial charge in [-0.1, -0.05) is 24.3 Å². The molecule has 0 radical (unpaired) electrons. The van der Waals surface area contributed by atoms with E-state index in [0.717, 1.165) is 35.4 Å². The zero-order valence-electron chi connectivity index (χ0n) is 21.9. The van der Waals surface area contributed by atoms with Crippen LogP contribution in [0.4, 0.5) is 32.2 Å². The standard InChI is InChI=1S/C28H22F6N6O/c1-15-7-8-19(9-16(15)2)21-12-23(28(32,33)34)40-25(35-21)13-22(37-40)26(41)36-24-10-17(3)39(38-24)14-18-5-4-6-20(11-18)27(29,30)31/h4-13H,14H2,1-3H3,(H,36,38,41). The van der Waals surface area contributed by atoms with Crippen molar-refractivity contribution in [3.63, 3.8) is 0 Å². The molecule has 0 saturated heterocycles. The predicted octanol–water partition coefficient (Wildman–Crippen LogP) is 6.86. The number of anilines is 1. The SMILES string of the molecule is Cc1ccc(-c2cc(C(F)(F)F)n3nc(C(=O)Nc4cc(C)n(Cc5cccc(C(F)(F)F)c5)n4)cc3n2)cc1C. The lowest BCUT2D eigenvalue weighted by molar-refractivity contribution is -0.142. The fraction of sp³-hybridized carbons (Fsp3) is 0.214. The van der Waals surface area contributed by atoms with Crippen LogP contribution in [0.1, 0.15) is 44.1 Å². The molecule has 13 heteroatoms. The average molecular weight is 573 g/mol. The van der Waals surface area contributed by atoms with Crippen molar-refractivity contribution in [2.45, 2.75) is 39.7 Å². The molecule has 0 aliphatic rings. The van der Waals surface area contributed by atoms with Gasteiger partial charge >= 0.3 is 12.4 Å². The molecule has 3 heterocycles. The fourth-order valence-corrected chi connectivity index (χ4v) is 4.27. The second-order valence-corrected chi connectivity index (χ2v) is 9.60. The van der Waals surface area contributed by atoms with Crippen molar-refractivity contribution in [2.24, 2.45) is 0 Å². The summed E-state index contributed by atoms with van der Waals surface area (Å²) in [7, 11) is 0. The Balaban J connectivity index is 1.43. The maximum Gasteiger partial charge on any atom is 0.433 e. The van der Waals surface area contributed by atoms with Gasteiger partial charge in [0.1, 0.15) is 0 Å². The minimum Gasteiger partial charge on any atom is -0.304 e. The van der Waals surface area contributed by atoms with Gasteiger partial charge in [0, 0.05) is 23.4 Å². The molecule has 0 bridgehead atoms. The lowest BCUT2D eigenvalue weighted by Crippen LogP contribution is -2.16. The molecule has 0 unspecified atom stereocenters. The Morgan fingerprint density at radius 2 is 1.61 bits per heavy atom. The third kappa shape index (κ3) is 5.79. The number of nitrogens with one attached hydrogen (secondary N) is 1. The molecule has 5 rings (SSSR count). The molecule has 5 aromatic rings. The van der Waals surface area contributed by atoms with Crippen LogP contribution in [0.15, 0.2) is 60.7 Å². The molecule has 2 aromatic carbocycles. The molecule has 212 valence electrons. The molecule has 0 aliphatic carbocycles. The number of fused-ring (bicyclic) bond motifs is 1. The highest BCUT2D eigenvalue weighted by atomic mass is 19.4. The number of carbonyl (C=O) groups is 1. The molecule has 0 aliphatic heterocycles. The van der Waals surface area contributed by atoms with Crippen molar-refractivity contribution in [2.75, 3.05) is 5.32 Å². The summed E-state index contributed by atoms with van der Waals surface area (Å²) in [6.07, 6.45) is -9.28. The van der Waals surface area contributed by atoms with Crippen molar-refractivity contribution in [1.82, 2.24) is 24.4 Å². The number of hydrogen-bond donors (Lipinski definition) is 1. The van der Waals surface area contributed by atoms with Crippen molar-refractivity contribution in [3.8, 4) is 11.3 Å². The summed E-state index contributed by atoms with van der Waals surface area (Å²) in [5.41, 5.74) is 0.884. The lowest BCUT2D eigenvalue weighted by Gasteiger charge is -2.11. The number of benzene rings is 2. The summed E-state index contributed by atoms with van der Waals surface area (Å²) in [5, 5.41) is 10.6. The molecule has 41 heavy (non-hydrogen) atoms. The average Bonchev–Trinajstić information content (AvgIpc) is 3.47. The highest BCUT2D eigenvalue weighted by molar-refractivity contribution is 6.03. The van der Waals surface area contributed by atoms with Gasteiger partial charge in [0.15, 0.2) is 22.9 Å². The zero-order valence-corrected chi connectivity index (χ0v) is 21.9. The first-order valence-electron chi connectivity index (χ1n) is 12.3. The summed E-state index contributed by atoms with van der Waals surface area (Å²) in [6.45, 7) is 5.37. The van der Waals surface area contributed by atoms with Gasteiger partial charge in [-0.2, -0.15) is 36.5 Å². The van der Waals surface area contributed by atoms with Gasteiger partial charge < -0.3 is 5.32 Å². The Hall–Kier alpha value is -4.68. The van der Waals surface area contributed by atoms with Crippen LogP contribution in [0, 0.1) is 20.8 Å². The van der Waals surface area contributed by atoms with E-state index in [-0.39, 0.29) is 29.4 Å².